The highest BCUT2D eigenvalue weighted by atomic mass is 16.5. The topological polar surface area (TPSA) is 46.5 Å². The normalized spacial score (nSPS) is 11.5. The fourth-order valence-electron chi connectivity index (χ4n) is 2.28. The van der Waals surface area contributed by atoms with Crippen LogP contribution in [0.5, 0.6) is 5.75 Å². The predicted octanol–water partition coefficient (Wildman–Crippen LogP) is 4.50. The third-order valence-electron chi connectivity index (χ3n) is 3.78. The summed E-state index contributed by atoms with van der Waals surface area (Å²) in [5.41, 5.74) is -0.653. The number of carboxylic acid groups (broad SMARTS) is 1. The molecule has 0 aliphatic carbocycles. The van der Waals surface area contributed by atoms with Crippen molar-refractivity contribution in [2.45, 2.75) is 33.1 Å². The molecule has 0 saturated carbocycles. The van der Waals surface area contributed by atoms with Gasteiger partial charge in [0.05, 0.1) is 12.0 Å². The van der Waals surface area contributed by atoms with Crippen LogP contribution < -0.4 is 4.74 Å². The quantitative estimate of drug-likeness (QED) is 0.762. The van der Waals surface area contributed by atoms with Crippen molar-refractivity contribution in [1.82, 2.24) is 0 Å². The summed E-state index contributed by atoms with van der Waals surface area (Å²) in [6.45, 7) is 4.14. The molecule has 0 unspecified atom stereocenters. The maximum absolute atomic E-state index is 11.0. The highest BCUT2D eigenvalue weighted by molar-refractivity contribution is 5.88. The summed E-state index contributed by atoms with van der Waals surface area (Å²) in [5, 5.41) is 11.3. The van der Waals surface area contributed by atoms with Gasteiger partial charge in [-0.3, -0.25) is 4.79 Å². The Morgan fingerprint density at radius 2 is 1.81 bits per heavy atom. The van der Waals surface area contributed by atoms with Gasteiger partial charge in [0.25, 0.3) is 0 Å². The number of fused-ring (bicyclic) bond motifs is 1. The number of carbonyl (C=O) groups is 1. The third kappa shape index (κ3) is 3.97. The van der Waals surface area contributed by atoms with E-state index in [1.54, 1.807) is 13.8 Å². The molecule has 0 atom stereocenters. The second-order valence-electron chi connectivity index (χ2n) is 5.97. The lowest BCUT2D eigenvalue weighted by Crippen LogP contribution is -2.23. The first kappa shape index (κ1) is 15.4. The lowest BCUT2D eigenvalue weighted by molar-refractivity contribution is -0.147. The number of rotatable bonds is 7. The molecule has 0 aromatic heterocycles. The lowest BCUT2D eigenvalue weighted by Gasteiger charge is -2.18. The molecule has 2 aromatic rings. The standard InChI is InChI=1S/C18H22O3/c1-18(2,17(19)20)12-5-6-13-21-16-11-7-9-14-8-3-4-10-15(14)16/h3-4,7-11H,5-6,12-13H2,1-2H3,(H,19,20). The second kappa shape index (κ2) is 6.61. The molecule has 0 amide bonds. The molecular weight excluding hydrogens is 264 g/mol. The van der Waals surface area contributed by atoms with Gasteiger partial charge < -0.3 is 9.84 Å². The van der Waals surface area contributed by atoms with Gasteiger partial charge in [0.2, 0.25) is 0 Å². The van der Waals surface area contributed by atoms with Gasteiger partial charge in [-0.05, 0) is 44.6 Å². The zero-order chi connectivity index (χ0) is 15.3. The van der Waals surface area contributed by atoms with Crippen molar-refractivity contribution in [3.05, 3.63) is 42.5 Å². The van der Waals surface area contributed by atoms with Gasteiger partial charge in [-0.25, -0.2) is 0 Å². The molecular formula is C18H22O3. The highest BCUT2D eigenvalue weighted by Crippen LogP contribution is 2.26. The minimum atomic E-state index is -0.738. The van der Waals surface area contributed by atoms with Crippen LogP contribution in [0.25, 0.3) is 10.8 Å². The molecule has 0 bridgehead atoms. The van der Waals surface area contributed by atoms with Crippen LogP contribution in [-0.2, 0) is 4.79 Å². The van der Waals surface area contributed by atoms with Gasteiger partial charge in [-0.1, -0.05) is 36.4 Å². The third-order valence-corrected chi connectivity index (χ3v) is 3.78. The minimum absolute atomic E-state index is 0.615. The SMILES string of the molecule is CC(C)(CCCCOc1cccc2ccccc12)C(=O)O. The number of carboxylic acids is 1. The van der Waals surface area contributed by atoms with Gasteiger partial charge in [-0.15, -0.1) is 0 Å². The van der Waals surface area contributed by atoms with Gasteiger partial charge in [-0.2, -0.15) is 0 Å². The molecule has 2 rings (SSSR count). The Kier molecular flexibility index (Phi) is 4.84. The van der Waals surface area contributed by atoms with E-state index in [9.17, 15) is 4.79 Å². The van der Waals surface area contributed by atoms with E-state index < -0.39 is 11.4 Å². The molecule has 1 N–H and O–H groups in total. The monoisotopic (exact) mass is 286 g/mol. The number of benzene rings is 2. The minimum Gasteiger partial charge on any atom is -0.493 e. The van der Waals surface area contributed by atoms with Crippen LogP contribution in [0.1, 0.15) is 33.1 Å². The van der Waals surface area contributed by atoms with Crippen molar-refractivity contribution in [2.24, 2.45) is 5.41 Å². The number of hydrogen-bond donors (Lipinski definition) is 1. The van der Waals surface area contributed by atoms with Crippen molar-refractivity contribution in [3.8, 4) is 5.75 Å². The van der Waals surface area contributed by atoms with E-state index in [1.165, 1.54) is 5.39 Å². The number of hydrogen-bond acceptors (Lipinski definition) is 2. The lowest BCUT2D eigenvalue weighted by atomic mass is 9.87. The summed E-state index contributed by atoms with van der Waals surface area (Å²) in [6, 6.07) is 14.2. The van der Waals surface area contributed by atoms with Gasteiger partial charge in [0, 0.05) is 5.39 Å². The Hall–Kier alpha value is -2.03. The molecule has 0 radical (unpaired) electrons. The molecule has 21 heavy (non-hydrogen) atoms. The van der Waals surface area contributed by atoms with Gasteiger partial charge in [0.15, 0.2) is 0 Å². The van der Waals surface area contributed by atoms with E-state index in [0.717, 1.165) is 24.0 Å². The first-order chi connectivity index (χ1) is 10.0. The highest BCUT2D eigenvalue weighted by Gasteiger charge is 2.25. The van der Waals surface area contributed by atoms with E-state index in [2.05, 4.69) is 18.2 Å². The van der Waals surface area contributed by atoms with Crippen LogP contribution in [0.2, 0.25) is 0 Å². The Bertz CT molecular complexity index is 611. The van der Waals surface area contributed by atoms with Crippen LogP contribution in [0.4, 0.5) is 0 Å². The van der Waals surface area contributed by atoms with Crippen molar-refractivity contribution < 1.29 is 14.6 Å². The van der Waals surface area contributed by atoms with Crippen molar-refractivity contribution in [2.75, 3.05) is 6.61 Å². The number of aliphatic carboxylic acids is 1. The first-order valence-electron chi connectivity index (χ1n) is 7.35. The van der Waals surface area contributed by atoms with Crippen LogP contribution in [0.3, 0.4) is 0 Å². The summed E-state index contributed by atoms with van der Waals surface area (Å²) in [5.74, 6) is 0.156. The predicted molar refractivity (Wildman–Crippen MR) is 84.7 cm³/mol. The van der Waals surface area contributed by atoms with E-state index in [4.69, 9.17) is 9.84 Å². The largest absolute Gasteiger partial charge is 0.493 e. The number of ether oxygens (including phenoxy) is 1. The Morgan fingerprint density at radius 3 is 2.57 bits per heavy atom. The molecule has 3 nitrogen and oxygen atoms in total. The van der Waals surface area contributed by atoms with Crippen LogP contribution >= 0.6 is 0 Å². The average Bonchev–Trinajstić information content (AvgIpc) is 2.47. The van der Waals surface area contributed by atoms with Crippen molar-refractivity contribution >= 4 is 16.7 Å². The molecule has 112 valence electrons. The van der Waals surface area contributed by atoms with Crippen molar-refractivity contribution in [1.29, 1.82) is 0 Å². The molecule has 3 heteroatoms. The van der Waals surface area contributed by atoms with Crippen LogP contribution in [0, 0.1) is 5.41 Å². The van der Waals surface area contributed by atoms with Gasteiger partial charge >= 0.3 is 5.97 Å². The summed E-state index contributed by atoms with van der Waals surface area (Å²) in [6.07, 6.45) is 2.38. The molecule has 0 saturated heterocycles. The molecule has 0 fully saturated rings. The summed E-state index contributed by atoms with van der Waals surface area (Å²) >= 11 is 0. The summed E-state index contributed by atoms with van der Waals surface area (Å²) in [7, 11) is 0. The molecule has 0 aliphatic heterocycles. The molecule has 2 aromatic carbocycles. The van der Waals surface area contributed by atoms with Crippen LogP contribution in [0.15, 0.2) is 42.5 Å². The fraction of sp³-hybridized carbons (Fsp3) is 0.389. The summed E-state index contributed by atoms with van der Waals surface area (Å²) in [4.78, 5) is 11.0. The van der Waals surface area contributed by atoms with E-state index in [-0.39, 0.29) is 0 Å². The average molecular weight is 286 g/mol. The summed E-state index contributed by atoms with van der Waals surface area (Å²) < 4.78 is 5.85. The second-order valence-corrected chi connectivity index (χ2v) is 5.97. The fourth-order valence-corrected chi connectivity index (χ4v) is 2.28. The van der Waals surface area contributed by atoms with Crippen LogP contribution in [-0.4, -0.2) is 17.7 Å². The van der Waals surface area contributed by atoms with Crippen molar-refractivity contribution in [3.63, 3.8) is 0 Å². The maximum Gasteiger partial charge on any atom is 0.309 e. The molecule has 0 spiro atoms. The van der Waals surface area contributed by atoms with E-state index in [1.807, 2.05) is 24.3 Å². The number of unbranched alkanes of at least 4 members (excludes halogenated alkanes) is 1. The Balaban J connectivity index is 1.85. The van der Waals surface area contributed by atoms with E-state index in [0.29, 0.717) is 13.0 Å². The Morgan fingerprint density at radius 1 is 1.10 bits per heavy atom. The zero-order valence-electron chi connectivity index (χ0n) is 12.6. The Labute approximate surface area is 125 Å². The molecule has 0 heterocycles. The van der Waals surface area contributed by atoms with E-state index >= 15 is 0 Å². The maximum atomic E-state index is 11.0. The first-order valence-corrected chi connectivity index (χ1v) is 7.35. The smallest absolute Gasteiger partial charge is 0.309 e. The zero-order valence-corrected chi connectivity index (χ0v) is 12.6. The van der Waals surface area contributed by atoms with Gasteiger partial charge in [0.1, 0.15) is 5.75 Å². The molecule has 0 aliphatic rings.